The van der Waals surface area contributed by atoms with Gasteiger partial charge in [-0.15, -0.1) is 0 Å². The Morgan fingerprint density at radius 3 is 2.25 bits per heavy atom. The molecule has 2 heterocycles. The number of ether oxygens (including phenoxy) is 1. The van der Waals surface area contributed by atoms with Crippen LogP contribution in [0.4, 0.5) is 0 Å². The molecule has 0 aromatic rings. The van der Waals surface area contributed by atoms with Crippen LogP contribution in [0.1, 0.15) is 41.0 Å². The molecule has 2 rings (SSSR count). The van der Waals surface area contributed by atoms with Crippen molar-refractivity contribution in [3.63, 3.8) is 0 Å². The van der Waals surface area contributed by atoms with Crippen molar-refractivity contribution in [2.24, 2.45) is 5.92 Å². The molecular formula is C13H28N2O. The van der Waals surface area contributed by atoms with Crippen molar-refractivity contribution < 1.29 is 4.74 Å². The lowest BCUT2D eigenvalue weighted by atomic mass is 9.76. The van der Waals surface area contributed by atoms with E-state index < -0.39 is 0 Å². The van der Waals surface area contributed by atoms with Crippen LogP contribution >= 0.6 is 0 Å². The normalized spacial score (nSPS) is 32.6. The molecule has 0 aromatic carbocycles. The number of hydrogen-bond donors (Lipinski definition) is 2. The van der Waals surface area contributed by atoms with Gasteiger partial charge in [0.1, 0.15) is 0 Å². The molecule has 2 aliphatic rings. The zero-order chi connectivity index (χ0) is 12.2. The smallest absolute Gasteiger partial charge is 0.0947 e. The van der Waals surface area contributed by atoms with Gasteiger partial charge in [0.15, 0.2) is 0 Å². The second-order valence-corrected chi connectivity index (χ2v) is 5.31. The molecule has 0 radical (unpaired) electrons. The Labute approximate surface area is 100 Å². The van der Waals surface area contributed by atoms with E-state index in [4.69, 9.17) is 4.74 Å². The summed E-state index contributed by atoms with van der Waals surface area (Å²) < 4.78 is 5.95. The average molecular weight is 228 g/mol. The molecule has 0 aromatic heterocycles. The molecule has 2 saturated heterocycles. The predicted molar refractivity (Wildman–Crippen MR) is 68.8 cm³/mol. The first-order chi connectivity index (χ1) is 7.56. The van der Waals surface area contributed by atoms with Gasteiger partial charge in [-0.25, -0.2) is 0 Å². The molecule has 0 saturated carbocycles. The van der Waals surface area contributed by atoms with Crippen molar-refractivity contribution in [2.75, 3.05) is 26.2 Å². The Balaban J connectivity index is 0.000000606. The summed E-state index contributed by atoms with van der Waals surface area (Å²) in [4.78, 5) is 0. The summed E-state index contributed by atoms with van der Waals surface area (Å²) in [6.07, 6.45) is 1.13. The van der Waals surface area contributed by atoms with E-state index in [-0.39, 0.29) is 11.1 Å². The van der Waals surface area contributed by atoms with Crippen molar-refractivity contribution in [3.05, 3.63) is 0 Å². The van der Waals surface area contributed by atoms with Crippen LogP contribution in [0.5, 0.6) is 0 Å². The third-order valence-corrected chi connectivity index (χ3v) is 3.90. The van der Waals surface area contributed by atoms with Gasteiger partial charge < -0.3 is 15.4 Å². The van der Waals surface area contributed by atoms with Crippen LogP contribution < -0.4 is 10.6 Å². The molecule has 16 heavy (non-hydrogen) atoms. The first-order valence-electron chi connectivity index (χ1n) is 6.66. The van der Waals surface area contributed by atoms with Gasteiger partial charge in [0, 0.05) is 25.2 Å². The van der Waals surface area contributed by atoms with Crippen molar-refractivity contribution >= 4 is 0 Å². The van der Waals surface area contributed by atoms with Crippen LogP contribution in [0, 0.1) is 5.92 Å². The van der Waals surface area contributed by atoms with Crippen LogP contribution in [-0.2, 0) is 4.74 Å². The summed E-state index contributed by atoms with van der Waals surface area (Å²) in [5.41, 5.74) is 0.362. The zero-order valence-electron chi connectivity index (χ0n) is 11.5. The Kier molecular flexibility index (Phi) is 4.77. The highest BCUT2D eigenvalue weighted by molar-refractivity contribution is 5.04. The molecule has 0 amide bonds. The van der Waals surface area contributed by atoms with E-state index in [0.29, 0.717) is 5.92 Å². The maximum Gasteiger partial charge on any atom is 0.0947 e. The van der Waals surface area contributed by atoms with Crippen molar-refractivity contribution in [1.29, 1.82) is 0 Å². The van der Waals surface area contributed by atoms with E-state index in [9.17, 15) is 0 Å². The monoisotopic (exact) mass is 228 g/mol. The first kappa shape index (κ1) is 13.9. The van der Waals surface area contributed by atoms with Crippen LogP contribution in [-0.4, -0.2) is 37.4 Å². The summed E-state index contributed by atoms with van der Waals surface area (Å²) in [7, 11) is 0. The molecule has 2 aliphatic heterocycles. The minimum atomic E-state index is 0.128. The topological polar surface area (TPSA) is 33.3 Å². The van der Waals surface area contributed by atoms with Crippen molar-refractivity contribution in [3.8, 4) is 0 Å². The minimum absolute atomic E-state index is 0.128. The quantitative estimate of drug-likeness (QED) is 0.718. The molecule has 1 spiro atoms. The van der Waals surface area contributed by atoms with Crippen molar-refractivity contribution in [2.45, 2.75) is 52.2 Å². The van der Waals surface area contributed by atoms with E-state index >= 15 is 0 Å². The van der Waals surface area contributed by atoms with Gasteiger partial charge in [0.05, 0.1) is 12.2 Å². The van der Waals surface area contributed by atoms with E-state index in [1.54, 1.807) is 0 Å². The van der Waals surface area contributed by atoms with Gasteiger partial charge in [-0.2, -0.15) is 0 Å². The first-order valence-corrected chi connectivity index (χ1v) is 6.66. The highest BCUT2D eigenvalue weighted by atomic mass is 16.5. The summed E-state index contributed by atoms with van der Waals surface area (Å²) in [6.45, 7) is 14.8. The lowest BCUT2D eigenvalue weighted by Crippen LogP contribution is -2.64. The van der Waals surface area contributed by atoms with Crippen LogP contribution in [0.3, 0.4) is 0 Å². The van der Waals surface area contributed by atoms with Crippen molar-refractivity contribution in [1.82, 2.24) is 10.6 Å². The third-order valence-electron chi connectivity index (χ3n) is 3.90. The second-order valence-electron chi connectivity index (χ2n) is 5.31. The van der Waals surface area contributed by atoms with Gasteiger partial charge in [-0.05, 0) is 19.3 Å². The number of nitrogens with one attached hydrogen (secondary N) is 2. The highest BCUT2D eigenvalue weighted by Crippen LogP contribution is 2.33. The van der Waals surface area contributed by atoms with Crippen LogP contribution in [0.25, 0.3) is 0 Å². The lowest BCUT2D eigenvalue weighted by Gasteiger charge is -2.47. The molecule has 3 nitrogen and oxygen atoms in total. The molecule has 2 fully saturated rings. The predicted octanol–water partition coefficient (Wildman–Crippen LogP) is 1.78. The Morgan fingerprint density at radius 1 is 1.19 bits per heavy atom. The summed E-state index contributed by atoms with van der Waals surface area (Å²) in [5.74, 6) is 0.654. The van der Waals surface area contributed by atoms with Gasteiger partial charge in [0.2, 0.25) is 0 Å². The Bertz CT molecular complexity index is 214. The average Bonchev–Trinajstić information content (AvgIpc) is 2.41. The maximum absolute atomic E-state index is 5.95. The van der Waals surface area contributed by atoms with Gasteiger partial charge in [-0.1, -0.05) is 27.7 Å². The van der Waals surface area contributed by atoms with Gasteiger partial charge in [0.25, 0.3) is 0 Å². The van der Waals surface area contributed by atoms with E-state index in [1.807, 2.05) is 13.8 Å². The van der Waals surface area contributed by atoms with E-state index in [0.717, 1.165) is 32.7 Å². The third kappa shape index (κ3) is 2.76. The van der Waals surface area contributed by atoms with E-state index in [2.05, 4.69) is 31.4 Å². The standard InChI is InChI=1S/C11H22N2O.C2H6/c1-9(2)10(3)6-11(7-12-8-11)14-5-4-13-10;1-2/h9,12-13H,4-8H2,1-3H3;1-2H3. The fraction of sp³-hybridized carbons (Fsp3) is 1.00. The molecule has 1 atom stereocenters. The molecule has 96 valence electrons. The number of rotatable bonds is 1. The molecular weight excluding hydrogens is 200 g/mol. The zero-order valence-corrected chi connectivity index (χ0v) is 11.5. The molecule has 2 N–H and O–H groups in total. The number of hydrogen-bond acceptors (Lipinski definition) is 3. The summed E-state index contributed by atoms with van der Waals surface area (Å²) >= 11 is 0. The lowest BCUT2D eigenvalue weighted by molar-refractivity contribution is -0.0847. The fourth-order valence-electron chi connectivity index (χ4n) is 2.43. The SMILES string of the molecule is CC.CC(C)C1(C)CC2(CNC2)OCCN1. The highest BCUT2D eigenvalue weighted by Gasteiger charge is 2.46. The largest absolute Gasteiger partial charge is 0.371 e. The summed E-state index contributed by atoms with van der Waals surface area (Å²) in [5, 5.41) is 6.95. The Morgan fingerprint density at radius 2 is 1.81 bits per heavy atom. The molecule has 0 aliphatic carbocycles. The minimum Gasteiger partial charge on any atom is -0.371 e. The molecule has 3 heteroatoms. The Hall–Kier alpha value is -0.120. The van der Waals surface area contributed by atoms with Crippen LogP contribution in [0.2, 0.25) is 0 Å². The second kappa shape index (κ2) is 5.48. The maximum atomic E-state index is 5.95. The van der Waals surface area contributed by atoms with Gasteiger partial charge in [-0.3, -0.25) is 0 Å². The van der Waals surface area contributed by atoms with Gasteiger partial charge >= 0.3 is 0 Å². The van der Waals surface area contributed by atoms with Crippen LogP contribution in [0.15, 0.2) is 0 Å². The summed E-state index contributed by atoms with van der Waals surface area (Å²) in [6, 6.07) is 0. The van der Waals surface area contributed by atoms with E-state index in [1.165, 1.54) is 0 Å². The molecule has 0 bridgehead atoms. The fourth-order valence-corrected chi connectivity index (χ4v) is 2.43. The molecule has 1 unspecified atom stereocenters.